The first kappa shape index (κ1) is 16.3. The molecule has 8 heteroatoms. The molecule has 0 atom stereocenters. The highest BCUT2D eigenvalue weighted by Crippen LogP contribution is 2.31. The van der Waals surface area contributed by atoms with Gasteiger partial charge in [0.1, 0.15) is 13.1 Å². The molecular weight excluding hydrogens is 280 g/mol. The lowest BCUT2D eigenvalue weighted by Gasteiger charge is -2.20. The number of hydrogen-bond donors (Lipinski definition) is 2. The summed E-state index contributed by atoms with van der Waals surface area (Å²) in [5.41, 5.74) is 5.11. The van der Waals surface area contributed by atoms with E-state index >= 15 is 0 Å². The number of rotatable bonds is 7. The number of methoxy groups -OCH3 is 2. The van der Waals surface area contributed by atoms with Crippen LogP contribution in [0.5, 0.6) is 11.5 Å². The van der Waals surface area contributed by atoms with Crippen molar-refractivity contribution in [2.75, 3.05) is 27.3 Å². The zero-order valence-electron chi connectivity index (χ0n) is 11.7. The van der Waals surface area contributed by atoms with Crippen molar-refractivity contribution in [3.05, 3.63) is 23.8 Å². The van der Waals surface area contributed by atoms with Crippen LogP contribution in [0.15, 0.2) is 18.2 Å². The second kappa shape index (κ2) is 7.13. The summed E-state index contributed by atoms with van der Waals surface area (Å²) in [6.45, 7) is -1.16. The van der Waals surface area contributed by atoms with Gasteiger partial charge in [0.05, 0.1) is 19.8 Å². The number of carboxylic acid groups (broad SMARTS) is 1. The van der Waals surface area contributed by atoms with E-state index in [0.717, 1.165) is 4.90 Å². The molecule has 114 valence electrons. The number of aliphatic carboxylic acids is 1. The molecule has 2 amide bonds. The summed E-state index contributed by atoms with van der Waals surface area (Å²) in [6.07, 6.45) is 0. The summed E-state index contributed by atoms with van der Waals surface area (Å²) < 4.78 is 10.2. The Hall–Kier alpha value is -2.77. The normalized spacial score (nSPS) is 9.81. The smallest absolute Gasteiger partial charge is 0.323 e. The molecule has 0 fully saturated rings. The predicted molar refractivity (Wildman–Crippen MR) is 72.3 cm³/mol. The molecule has 1 rings (SSSR count). The molecule has 0 spiro atoms. The van der Waals surface area contributed by atoms with Crippen LogP contribution in [0.1, 0.15) is 10.4 Å². The molecule has 21 heavy (non-hydrogen) atoms. The van der Waals surface area contributed by atoms with E-state index in [2.05, 4.69) is 0 Å². The molecule has 1 aromatic carbocycles. The van der Waals surface area contributed by atoms with E-state index in [1.54, 1.807) is 12.1 Å². The van der Waals surface area contributed by atoms with E-state index in [0.29, 0.717) is 5.75 Å². The maximum atomic E-state index is 12.4. The zero-order valence-corrected chi connectivity index (χ0v) is 11.7. The third-order valence-electron chi connectivity index (χ3n) is 2.59. The number of benzene rings is 1. The van der Waals surface area contributed by atoms with Gasteiger partial charge in [0, 0.05) is 0 Å². The number of primary amides is 1. The van der Waals surface area contributed by atoms with Crippen molar-refractivity contribution >= 4 is 17.8 Å². The largest absolute Gasteiger partial charge is 0.493 e. The lowest BCUT2D eigenvalue weighted by Crippen LogP contribution is -2.41. The van der Waals surface area contributed by atoms with Crippen LogP contribution in [0, 0.1) is 0 Å². The van der Waals surface area contributed by atoms with Crippen molar-refractivity contribution in [2.24, 2.45) is 5.73 Å². The number of carboxylic acids is 1. The Morgan fingerprint density at radius 2 is 1.86 bits per heavy atom. The van der Waals surface area contributed by atoms with Crippen LogP contribution in [0.25, 0.3) is 0 Å². The molecule has 0 radical (unpaired) electrons. The van der Waals surface area contributed by atoms with Gasteiger partial charge in [-0.3, -0.25) is 14.4 Å². The molecule has 0 unspecified atom stereocenters. The Morgan fingerprint density at radius 3 is 2.33 bits per heavy atom. The van der Waals surface area contributed by atoms with Gasteiger partial charge in [-0.1, -0.05) is 6.07 Å². The number of carbonyl (C=O) groups excluding carboxylic acids is 2. The quantitative estimate of drug-likeness (QED) is 0.714. The van der Waals surface area contributed by atoms with Crippen molar-refractivity contribution < 1.29 is 29.0 Å². The van der Waals surface area contributed by atoms with Gasteiger partial charge >= 0.3 is 5.97 Å². The van der Waals surface area contributed by atoms with Crippen LogP contribution in [0.2, 0.25) is 0 Å². The monoisotopic (exact) mass is 296 g/mol. The molecule has 0 aliphatic carbocycles. The first-order chi connectivity index (χ1) is 9.90. The van der Waals surface area contributed by atoms with E-state index in [4.69, 9.17) is 20.3 Å². The molecule has 0 bridgehead atoms. The van der Waals surface area contributed by atoms with Crippen LogP contribution < -0.4 is 15.2 Å². The molecule has 0 aliphatic rings. The van der Waals surface area contributed by atoms with Gasteiger partial charge in [-0.05, 0) is 12.1 Å². The lowest BCUT2D eigenvalue weighted by molar-refractivity contribution is -0.138. The van der Waals surface area contributed by atoms with Gasteiger partial charge in [0.25, 0.3) is 5.91 Å². The molecule has 3 N–H and O–H groups in total. The first-order valence-electron chi connectivity index (χ1n) is 5.91. The summed E-state index contributed by atoms with van der Waals surface area (Å²) in [5.74, 6) is -2.28. The molecule has 0 aromatic heterocycles. The summed E-state index contributed by atoms with van der Waals surface area (Å²) in [6, 6.07) is 4.59. The number of ether oxygens (including phenoxy) is 2. The summed E-state index contributed by atoms with van der Waals surface area (Å²) >= 11 is 0. The highest BCUT2D eigenvalue weighted by atomic mass is 16.5. The molecule has 0 aliphatic heterocycles. The van der Waals surface area contributed by atoms with Gasteiger partial charge in [0.15, 0.2) is 11.5 Å². The summed E-state index contributed by atoms with van der Waals surface area (Å²) in [5, 5.41) is 8.82. The van der Waals surface area contributed by atoms with Crippen molar-refractivity contribution in [3.63, 3.8) is 0 Å². The molecule has 0 heterocycles. The second-order valence-corrected chi connectivity index (χ2v) is 4.06. The molecular formula is C13H16N2O6. The standard InChI is InChI=1S/C13H16N2O6/c1-20-9-5-3-4-8(12(9)21-2)13(19)15(6-10(14)16)7-11(17)18/h3-5H,6-7H2,1-2H3,(H2,14,16)(H,17,18). The van der Waals surface area contributed by atoms with Crippen molar-refractivity contribution in [1.29, 1.82) is 0 Å². The maximum Gasteiger partial charge on any atom is 0.323 e. The fourth-order valence-electron chi connectivity index (χ4n) is 1.78. The number of nitrogens with two attached hydrogens (primary N) is 1. The lowest BCUT2D eigenvalue weighted by atomic mass is 10.1. The van der Waals surface area contributed by atoms with Crippen LogP contribution in [0.4, 0.5) is 0 Å². The number of hydrogen-bond acceptors (Lipinski definition) is 5. The maximum absolute atomic E-state index is 12.4. The minimum Gasteiger partial charge on any atom is -0.493 e. The Bertz CT molecular complexity index is 542. The third kappa shape index (κ3) is 4.10. The summed E-state index contributed by atoms with van der Waals surface area (Å²) in [4.78, 5) is 35.0. The molecule has 0 saturated carbocycles. The first-order valence-corrected chi connectivity index (χ1v) is 5.91. The minimum atomic E-state index is -1.26. The zero-order chi connectivity index (χ0) is 16.0. The van der Waals surface area contributed by atoms with Crippen LogP contribution in [-0.2, 0) is 9.59 Å². The van der Waals surface area contributed by atoms with Gasteiger partial charge in [-0.15, -0.1) is 0 Å². The number of nitrogens with zero attached hydrogens (tertiary/aromatic N) is 1. The Balaban J connectivity index is 3.19. The molecule has 0 saturated heterocycles. The van der Waals surface area contributed by atoms with E-state index in [1.165, 1.54) is 20.3 Å². The average Bonchev–Trinajstić information content (AvgIpc) is 2.43. The highest BCUT2D eigenvalue weighted by Gasteiger charge is 2.24. The summed E-state index contributed by atoms with van der Waals surface area (Å²) in [7, 11) is 2.76. The highest BCUT2D eigenvalue weighted by molar-refractivity contribution is 6.00. The fraction of sp³-hybridized carbons (Fsp3) is 0.308. The molecule has 8 nitrogen and oxygen atoms in total. The number of amides is 2. The second-order valence-electron chi connectivity index (χ2n) is 4.06. The van der Waals surface area contributed by atoms with E-state index in [-0.39, 0.29) is 11.3 Å². The predicted octanol–water partition coefficient (Wildman–Crippen LogP) is -0.284. The average molecular weight is 296 g/mol. The van der Waals surface area contributed by atoms with Crippen LogP contribution in [-0.4, -0.2) is 55.1 Å². The van der Waals surface area contributed by atoms with Gasteiger partial charge in [-0.25, -0.2) is 0 Å². The van der Waals surface area contributed by atoms with Gasteiger partial charge in [0.2, 0.25) is 5.91 Å². The van der Waals surface area contributed by atoms with Crippen LogP contribution >= 0.6 is 0 Å². The Morgan fingerprint density at radius 1 is 1.19 bits per heavy atom. The van der Waals surface area contributed by atoms with Gasteiger partial charge < -0.3 is 25.2 Å². The van der Waals surface area contributed by atoms with Crippen molar-refractivity contribution in [1.82, 2.24) is 4.90 Å². The Labute approximate surface area is 121 Å². The van der Waals surface area contributed by atoms with Crippen molar-refractivity contribution in [3.8, 4) is 11.5 Å². The molecule has 1 aromatic rings. The minimum absolute atomic E-state index is 0.0827. The van der Waals surface area contributed by atoms with E-state index in [9.17, 15) is 14.4 Å². The SMILES string of the molecule is COc1cccc(C(=O)N(CC(N)=O)CC(=O)O)c1OC. The Kier molecular flexibility index (Phi) is 5.53. The van der Waals surface area contributed by atoms with Crippen molar-refractivity contribution in [2.45, 2.75) is 0 Å². The topological polar surface area (TPSA) is 119 Å². The van der Waals surface area contributed by atoms with Gasteiger partial charge in [-0.2, -0.15) is 0 Å². The number of para-hydroxylation sites is 1. The van der Waals surface area contributed by atoms with E-state index in [1.807, 2.05) is 0 Å². The van der Waals surface area contributed by atoms with E-state index < -0.39 is 30.9 Å². The number of carbonyl (C=O) groups is 3. The fourth-order valence-corrected chi connectivity index (χ4v) is 1.78. The third-order valence-corrected chi connectivity index (χ3v) is 2.59. The van der Waals surface area contributed by atoms with Crippen LogP contribution in [0.3, 0.4) is 0 Å².